The van der Waals surface area contributed by atoms with Crippen LogP contribution in [0.3, 0.4) is 0 Å². The molecule has 12 heavy (non-hydrogen) atoms. The molecule has 1 rings (SSSR count). The molecule has 3 heteroatoms. The molecule has 0 fully saturated rings. The summed E-state index contributed by atoms with van der Waals surface area (Å²) in [6, 6.07) is 1.91. The van der Waals surface area contributed by atoms with Gasteiger partial charge in [0.2, 0.25) is 5.88 Å². The molecule has 2 nitrogen and oxygen atoms in total. The molecule has 0 aliphatic rings. The maximum absolute atomic E-state index is 5.39. The van der Waals surface area contributed by atoms with Crippen molar-refractivity contribution in [3.8, 4) is 5.88 Å². The Morgan fingerprint density at radius 2 is 2.33 bits per heavy atom. The van der Waals surface area contributed by atoms with Gasteiger partial charge in [-0.15, -0.1) is 0 Å². The van der Waals surface area contributed by atoms with E-state index in [2.05, 4.69) is 11.3 Å². The third kappa shape index (κ3) is 3.72. The Labute approximate surface area is 77.7 Å². The minimum absolute atomic E-state index is 0.775. The lowest BCUT2D eigenvalue weighted by Gasteiger charge is -2.00. The predicted molar refractivity (Wildman–Crippen MR) is 51.8 cm³/mol. The molecule has 0 atom stereocenters. The van der Waals surface area contributed by atoms with Crippen LogP contribution in [0.25, 0.3) is 0 Å². The quantitative estimate of drug-likeness (QED) is 0.635. The lowest BCUT2D eigenvalue weighted by atomic mass is 10.2. The summed E-state index contributed by atoms with van der Waals surface area (Å²) in [5.74, 6) is 0.775. The number of rotatable bonds is 6. The average molecular weight is 185 g/mol. The van der Waals surface area contributed by atoms with Crippen LogP contribution in [-0.4, -0.2) is 11.0 Å². The Bertz CT molecular complexity index is 186. The van der Waals surface area contributed by atoms with Crippen LogP contribution < -0.4 is 4.74 Å². The van der Waals surface area contributed by atoms with E-state index in [-0.39, 0.29) is 0 Å². The summed E-state index contributed by atoms with van der Waals surface area (Å²) in [6.45, 7) is 3.02. The second-order valence-electron chi connectivity index (χ2n) is 2.75. The van der Waals surface area contributed by atoms with Gasteiger partial charge in [-0.05, 0) is 18.0 Å². The highest BCUT2D eigenvalue weighted by atomic mass is 32.1. The average Bonchev–Trinajstić information content (AvgIpc) is 2.57. The van der Waals surface area contributed by atoms with Crippen molar-refractivity contribution in [2.24, 2.45) is 0 Å². The summed E-state index contributed by atoms with van der Waals surface area (Å²) < 4.78 is 9.45. The molecule has 0 unspecified atom stereocenters. The van der Waals surface area contributed by atoms with E-state index < -0.39 is 0 Å². The van der Waals surface area contributed by atoms with Crippen LogP contribution in [0.4, 0.5) is 0 Å². The maximum atomic E-state index is 5.39. The van der Waals surface area contributed by atoms with Gasteiger partial charge < -0.3 is 4.74 Å². The fraction of sp³-hybridized carbons (Fsp3) is 0.667. The van der Waals surface area contributed by atoms with E-state index >= 15 is 0 Å². The van der Waals surface area contributed by atoms with Crippen molar-refractivity contribution in [2.45, 2.75) is 32.6 Å². The normalized spacial score (nSPS) is 10.1. The topological polar surface area (TPSA) is 22.1 Å². The molecule has 0 amide bonds. The lowest BCUT2D eigenvalue weighted by Crippen LogP contribution is -1.96. The smallest absolute Gasteiger partial charge is 0.225 e. The number of hydrogen-bond donors (Lipinski definition) is 0. The van der Waals surface area contributed by atoms with Crippen LogP contribution in [0.1, 0.15) is 32.6 Å². The van der Waals surface area contributed by atoms with E-state index in [1.807, 2.05) is 11.4 Å². The van der Waals surface area contributed by atoms with E-state index in [0.717, 1.165) is 18.9 Å². The van der Waals surface area contributed by atoms with Crippen LogP contribution in [0.5, 0.6) is 5.88 Å². The largest absolute Gasteiger partial charge is 0.477 e. The molecule has 0 radical (unpaired) electrons. The van der Waals surface area contributed by atoms with E-state index in [9.17, 15) is 0 Å². The first kappa shape index (κ1) is 9.52. The molecule has 0 aliphatic heterocycles. The van der Waals surface area contributed by atoms with Crippen molar-refractivity contribution >= 4 is 11.5 Å². The van der Waals surface area contributed by atoms with Crippen molar-refractivity contribution in [3.05, 3.63) is 11.4 Å². The fourth-order valence-corrected chi connectivity index (χ4v) is 1.44. The van der Waals surface area contributed by atoms with E-state index in [4.69, 9.17) is 4.74 Å². The monoisotopic (exact) mass is 185 g/mol. The summed E-state index contributed by atoms with van der Waals surface area (Å²) in [6.07, 6.45) is 4.99. The molecule has 0 aromatic carbocycles. The Kier molecular flexibility index (Phi) is 4.76. The van der Waals surface area contributed by atoms with Gasteiger partial charge in [0.15, 0.2) is 0 Å². The Hall–Kier alpha value is -0.570. The molecule has 68 valence electrons. The second kappa shape index (κ2) is 6.00. The molecule has 1 heterocycles. The van der Waals surface area contributed by atoms with Gasteiger partial charge in [0.25, 0.3) is 0 Å². The zero-order chi connectivity index (χ0) is 8.65. The molecule has 0 aliphatic carbocycles. The predicted octanol–water partition coefficient (Wildman–Crippen LogP) is 3.10. The highest BCUT2D eigenvalue weighted by molar-refractivity contribution is 7.03. The molecular weight excluding hydrogens is 170 g/mol. The Balaban J connectivity index is 1.96. The first-order valence-corrected chi connectivity index (χ1v) is 5.30. The van der Waals surface area contributed by atoms with Crippen LogP contribution in [0.15, 0.2) is 11.4 Å². The molecule has 0 saturated heterocycles. The SMILES string of the molecule is CCCCCCOc1ccsn1. The van der Waals surface area contributed by atoms with Gasteiger partial charge in [0.05, 0.1) is 6.61 Å². The van der Waals surface area contributed by atoms with Crippen molar-refractivity contribution in [1.29, 1.82) is 0 Å². The van der Waals surface area contributed by atoms with Crippen LogP contribution in [0, 0.1) is 0 Å². The lowest BCUT2D eigenvalue weighted by molar-refractivity contribution is 0.297. The van der Waals surface area contributed by atoms with Gasteiger partial charge in [-0.25, -0.2) is 0 Å². The summed E-state index contributed by atoms with van der Waals surface area (Å²) >= 11 is 1.43. The number of ether oxygens (including phenoxy) is 1. The fourth-order valence-electron chi connectivity index (χ4n) is 0.981. The van der Waals surface area contributed by atoms with Gasteiger partial charge in [0, 0.05) is 11.4 Å². The van der Waals surface area contributed by atoms with Crippen molar-refractivity contribution in [1.82, 2.24) is 4.37 Å². The number of nitrogens with zero attached hydrogens (tertiary/aromatic N) is 1. The minimum Gasteiger partial charge on any atom is -0.477 e. The van der Waals surface area contributed by atoms with Crippen molar-refractivity contribution in [2.75, 3.05) is 6.61 Å². The molecule has 1 aromatic heterocycles. The molecule has 0 N–H and O–H groups in total. The first-order valence-electron chi connectivity index (χ1n) is 4.46. The van der Waals surface area contributed by atoms with Crippen LogP contribution in [-0.2, 0) is 0 Å². The summed E-state index contributed by atoms with van der Waals surface area (Å²) in [5.41, 5.74) is 0. The Morgan fingerprint density at radius 1 is 1.42 bits per heavy atom. The van der Waals surface area contributed by atoms with E-state index in [1.54, 1.807) is 0 Å². The van der Waals surface area contributed by atoms with Crippen molar-refractivity contribution < 1.29 is 4.74 Å². The van der Waals surface area contributed by atoms with Crippen LogP contribution in [0.2, 0.25) is 0 Å². The number of hydrogen-bond acceptors (Lipinski definition) is 3. The maximum Gasteiger partial charge on any atom is 0.225 e. The van der Waals surface area contributed by atoms with Gasteiger partial charge in [-0.3, -0.25) is 0 Å². The molecule has 0 bridgehead atoms. The first-order chi connectivity index (χ1) is 5.93. The van der Waals surface area contributed by atoms with Gasteiger partial charge in [0.1, 0.15) is 0 Å². The zero-order valence-corrected chi connectivity index (χ0v) is 8.27. The van der Waals surface area contributed by atoms with E-state index in [0.29, 0.717) is 0 Å². The van der Waals surface area contributed by atoms with Crippen molar-refractivity contribution in [3.63, 3.8) is 0 Å². The second-order valence-corrected chi connectivity index (χ2v) is 3.41. The summed E-state index contributed by atoms with van der Waals surface area (Å²) in [7, 11) is 0. The zero-order valence-electron chi connectivity index (χ0n) is 7.45. The summed E-state index contributed by atoms with van der Waals surface area (Å²) in [5, 5.41) is 1.93. The molecule has 1 aromatic rings. The third-order valence-corrected chi connectivity index (χ3v) is 2.21. The third-order valence-electron chi connectivity index (χ3n) is 1.66. The van der Waals surface area contributed by atoms with E-state index in [1.165, 1.54) is 30.8 Å². The highest BCUT2D eigenvalue weighted by Gasteiger charge is 1.93. The highest BCUT2D eigenvalue weighted by Crippen LogP contribution is 2.09. The molecule has 0 spiro atoms. The summed E-state index contributed by atoms with van der Waals surface area (Å²) in [4.78, 5) is 0. The number of unbranched alkanes of at least 4 members (excludes halogenated alkanes) is 3. The number of aromatic nitrogens is 1. The standard InChI is InChI=1S/C9H15NOS/c1-2-3-4-5-7-11-9-6-8-12-10-9/h6,8H,2-5,7H2,1H3. The minimum atomic E-state index is 0.775. The van der Waals surface area contributed by atoms with Gasteiger partial charge in [-0.2, -0.15) is 4.37 Å². The molecule has 0 saturated carbocycles. The Morgan fingerprint density at radius 3 is 3.00 bits per heavy atom. The van der Waals surface area contributed by atoms with Gasteiger partial charge in [-0.1, -0.05) is 26.2 Å². The van der Waals surface area contributed by atoms with Gasteiger partial charge >= 0.3 is 0 Å². The van der Waals surface area contributed by atoms with Crippen LogP contribution >= 0.6 is 11.5 Å². The molecular formula is C9H15NOS.